The number of amides is 1. The second-order valence-corrected chi connectivity index (χ2v) is 3.38. The van der Waals surface area contributed by atoms with Crippen molar-refractivity contribution in [2.45, 2.75) is 0 Å². The number of aromatic nitrogens is 2. The van der Waals surface area contributed by atoms with E-state index >= 15 is 0 Å². The van der Waals surface area contributed by atoms with Crippen molar-refractivity contribution >= 4 is 23.1 Å². The summed E-state index contributed by atoms with van der Waals surface area (Å²) in [5.74, 6) is -2.07. The number of nitrogen functional groups attached to an aromatic ring is 1. The zero-order valence-corrected chi connectivity index (χ0v) is 9.16. The van der Waals surface area contributed by atoms with E-state index in [1.165, 1.54) is 6.07 Å². The van der Waals surface area contributed by atoms with E-state index in [9.17, 15) is 19.3 Å². The summed E-state index contributed by atoms with van der Waals surface area (Å²) >= 11 is 0. The molecule has 1 amide bonds. The van der Waals surface area contributed by atoms with Gasteiger partial charge in [0.2, 0.25) is 17.3 Å². The second-order valence-electron chi connectivity index (χ2n) is 3.38. The number of nitrogens with two attached hydrogens (primary N) is 1. The maximum Gasteiger partial charge on any atom is 0.304 e. The standard InChI is InChI=1S/C9H6FN5O4/c10-5-3-4(1-2-6(5)15(17)18)12-9(16)7-8(11)14-19-13-7/h1-3H,(H2,11,14)(H,12,16). The van der Waals surface area contributed by atoms with E-state index in [0.29, 0.717) is 0 Å². The van der Waals surface area contributed by atoms with Crippen molar-refractivity contribution in [2.75, 3.05) is 11.1 Å². The minimum atomic E-state index is -1.07. The SMILES string of the molecule is Nc1nonc1C(=O)Nc1ccc([N+](=O)[O-])c(F)c1. The number of nitrogens with zero attached hydrogens (tertiary/aromatic N) is 3. The second kappa shape index (κ2) is 4.68. The van der Waals surface area contributed by atoms with Crippen molar-refractivity contribution in [2.24, 2.45) is 0 Å². The Hall–Kier alpha value is -3.04. The smallest absolute Gasteiger partial charge is 0.304 e. The van der Waals surface area contributed by atoms with Crippen LogP contribution in [0.3, 0.4) is 0 Å². The van der Waals surface area contributed by atoms with Gasteiger partial charge in [-0.2, -0.15) is 4.39 Å². The van der Waals surface area contributed by atoms with E-state index in [4.69, 9.17) is 5.73 Å². The number of nitro groups is 1. The van der Waals surface area contributed by atoms with Crippen molar-refractivity contribution in [3.05, 3.63) is 39.8 Å². The lowest BCUT2D eigenvalue weighted by molar-refractivity contribution is -0.387. The van der Waals surface area contributed by atoms with Gasteiger partial charge in [-0.1, -0.05) is 0 Å². The van der Waals surface area contributed by atoms with Crippen molar-refractivity contribution in [3.63, 3.8) is 0 Å². The van der Waals surface area contributed by atoms with E-state index in [0.717, 1.165) is 12.1 Å². The van der Waals surface area contributed by atoms with Crippen LogP contribution in [0, 0.1) is 15.9 Å². The van der Waals surface area contributed by atoms with E-state index in [-0.39, 0.29) is 17.2 Å². The first kappa shape index (κ1) is 12.4. The van der Waals surface area contributed by atoms with Crippen LogP contribution >= 0.6 is 0 Å². The third kappa shape index (κ3) is 2.46. The molecule has 0 fully saturated rings. The predicted molar refractivity (Wildman–Crippen MR) is 59.7 cm³/mol. The number of rotatable bonds is 3. The van der Waals surface area contributed by atoms with Gasteiger partial charge < -0.3 is 11.1 Å². The number of anilines is 2. The van der Waals surface area contributed by atoms with Crippen LogP contribution in [0.25, 0.3) is 0 Å². The third-order valence-electron chi connectivity index (χ3n) is 2.13. The molecule has 1 heterocycles. The molecule has 0 aliphatic heterocycles. The lowest BCUT2D eigenvalue weighted by atomic mass is 10.2. The minimum Gasteiger partial charge on any atom is -0.379 e. The van der Waals surface area contributed by atoms with Crippen molar-refractivity contribution < 1.29 is 18.7 Å². The monoisotopic (exact) mass is 267 g/mol. The Kier molecular flexibility index (Phi) is 3.06. The average Bonchev–Trinajstić information content (AvgIpc) is 2.75. The summed E-state index contributed by atoms with van der Waals surface area (Å²) in [5.41, 5.74) is 4.35. The fraction of sp³-hybridized carbons (Fsp3) is 0. The Morgan fingerprint density at radius 3 is 2.74 bits per heavy atom. The molecule has 1 aromatic heterocycles. The number of hydrogen-bond acceptors (Lipinski definition) is 7. The molecule has 0 bridgehead atoms. The maximum atomic E-state index is 13.3. The summed E-state index contributed by atoms with van der Waals surface area (Å²) in [5, 5.41) is 19.1. The van der Waals surface area contributed by atoms with Gasteiger partial charge in [-0.05, 0) is 16.4 Å². The van der Waals surface area contributed by atoms with Crippen LogP contribution in [0.4, 0.5) is 21.6 Å². The maximum absolute atomic E-state index is 13.3. The molecule has 0 atom stereocenters. The normalized spacial score (nSPS) is 10.2. The first-order valence-electron chi connectivity index (χ1n) is 4.82. The molecule has 10 heteroatoms. The Morgan fingerprint density at radius 1 is 1.47 bits per heavy atom. The molecular formula is C9H6FN5O4. The molecule has 0 aliphatic rings. The molecule has 19 heavy (non-hydrogen) atoms. The fourth-order valence-electron chi connectivity index (χ4n) is 1.28. The highest BCUT2D eigenvalue weighted by Crippen LogP contribution is 2.21. The quantitative estimate of drug-likeness (QED) is 0.623. The number of benzene rings is 1. The molecule has 9 nitrogen and oxygen atoms in total. The van der Waals surface area contributed by atoms with Gasteiger partial charge in [0.05, 0.1) is 4.92 Å². The third-order valence-corrected chi connectivity index (χ3v) is 2.13. The molecule has 0 spiro atoms. The molecule has 0 radical (unpaired) electrons. The summed E-state index contributed by atoms with van der Waals surface area (Å²) in [4.78, 5) is 21.2. The van der Waals surface area contributed by atoms with Crippen molar-refractivity contribution in [1.82, 2.24) is 10.3 Å². The topological polar surface area (TPSA) is 137 Å². The zero-order valence-electron chi connectivity index (χ0n) is 9.16. The predicted octanol–water partition coefficient (Wildman–Crippen LogP) is 0.951. The van der Waals surface area contributed by atoms with Crippen molar-refractivity contribution in [1.29, 1.82) is 0 Å². The van der Waals surface area contributed by atoms with Gasteiger partial charge in [-0.15, -0.1) is 0 Å². The Bertz CT molecular complexity index is 656. The number of nitrogens with one attached hydrogen (secondary N) is 1. The van der Waals surface area contributed by atoms with Gasteiger partial charge in [-0.25, -0.2) is 4.63 Å². The van der Waals surface area contributed by atoms with Crippen LogP contribution in [0.15, 0.2) is 22.8 Å². The lowest BCUT2D eigenvalue weighted by Gasteiger charge is -2.03. The van der Waals surface area contributed by atoms with E-state index in [1.54, 1.807) is 0 Å². The molecule has 2 aromatic rings. The number of hydrogen-bond donors (Lipinski definition) is 2. The number of carbonyl (C=O) groups excluding carboxylic acids is 1. The van der Waals surface area contributed by atoms with E-state index < -0.39 is 22.3 Å². The lowest BCUT2D eigenvalue weighted by Crippen LogP contribution is -2.14. The highest BCUT2D eigenvalue weighted by atomic mass is 19.1. The summed E-state index contributed by atoms with van der Waals surface area (Å²) in [6.07, 6.45) is 0. The first-order valence-corrected chi connectivity index (χ1v) is 4.82. The van der Waals surface area contributed by atoms with Gasteiger partial charge in [0.1, 0.15) is 0 Å². The summed E-state index contributed by atoms with van der Waals surface area (Å²) in [7, 11) is 0. The van der Waals surface area contributed by atoms with Crippen molar-refractivity contribution in [3.8, 4) is 0 Å². The molecule has 3 N–H and O–H groups in total. The molecule has 0 unspecified atom stereocenters. The summed E-state index contributed by atoms with van der Waals surface area (Å²) in [6, 6.07) is 2.90. The van der Waals surface area contributed by atoms with Crippen LogP contribution in [0.1, 0.15) is 10.5 Å². The molecule has 0 saturated carbocycles. The van der Waals surface area contributed by atoms with Gasteiger partial charge in [0, 0.05) is 17.8 Å². The highest BCUT2D eigenvalue weighted by molar-refractivity contribution is 6.05. The number of halogens is 1. The first-order chi connectivity index (χ1) is 8.99. The van der Waals surface area contributed by atoms with Gasteiger partial charge in [0.15, 0.2) is 0 Å². The zero-order chi connectivity index (χ0) is 14.0. The summed E-state index contributed by atoms with van der Waals surface area (Å²) in [6.45, 7) is 0. The Balaban J connectivity index is 2.21. The molecule has 0 aliphatic carbocycles. The molecule has 98 valence electrons. The van der Waals surface area contributed by atoms with Crippen LogP contribution in [-0.2, 0) is 0 Å². The number of carbonyl (C=O) groups is 1. The van der Waals surface area contributed by atoms with Crippen LogP contribution in [0.2, 0.25) is 0 Å². The van der Waals surface area contributed by atoms with Crippen LogP contribution in [0.5, 0.6) is 0 Å². The molecule has 0 saturated heterocycles. The van der Waals surface area contributed by atoms with Gasteiger partial charge in [-0.3, -0.25) is 14.9 Å². The van der Waals surface area contributed by atoms with Gasteiger partial charge in [0.25, 0.3) is 5.91 Å². The Morgan fingerprint density at radius 2 is 2.21 bits per heavy atom. The molecule has 2 rings (SSSR count). The van der Waals surface area contributed by atoms with E-state index in [2.05, 4.69) is 20.3 Å². The Labute approximate surface area is 104 Å². The average molecular weight is 267 g/mol. The fourth-order valence-corrected chi connectivity index (χ4v) is 1.28. The van der Waals surface area contributed by atoms with E-state index in [1.807, 2.05) is 0 Å². The number of nitro benzene ring substituents is 1. The van der Waals surface area contributed by atoms with Gasteiger partial charge >= 0.3 is 5.69 Å². The summed E-state index contributed by atoms with van der Waals surface area (Å²) < 4.78 is 17.5. The van der Waals surface area contributed by atoms with Crippen LogP contribution in [-0.4, -0.2) is 21.1 Å². The van der Waals surface area contributed by atoms with Crippen LogP contribution < -0.4 is 11.1 Å². The molecular weight excluding hydrogens is 261 g/mol. The minimum absolute atomic E-state index is 0.00972. The highest BCUT2D eigenvalue weighted by Gasteiger charge is 2.18. The molecule has 1 aromatic carbocycles. The largest absolute Gasteiger partial charge is 0.379 e.